The van der Waals surface area contributed by atoms with Crippen molar-refractivity contribution in [1.29, 1.82) is 0 Å². The Labute approximate surface area is 196 Å². The summed E-state index contributed by atoms with van der Waals surface area (Å²) in [6.07, 6.45) is 5.82. The van der Waals surface area contributed by atoms with E-state index < -0.39 is 0 Å². The van der Waals surface area contributed by atoms with Crippen molar-refractivity contribution in [1.82, 2.24) is 14.8 Å². The molecule has 5 rings (SSSR count). The molecule has 0 atom stereocenters. The second-order valence-corrected chi connectivity index (χ2v) is 9.99. The van der Waals surface area contributed by atoms with Crippen molar-refractivity contribution in [3.05, 3.63) is 58.3 Å². The third kappa shape index (κ3) is 4.19. The van der Waals surface area contributed by atoms with Gasteiger partial charge in [0.2, 0.25) is 5.91 Å². The number of hydrogen-bond acceptors (Lipinski definition) is 5. The normalized spacial score (nSPS) is 13.3. The first-order chi connectivity index (χ1) is 15.7. The van der Waals surface area contributed by atoms with Crippen LogP contribution in [0.1, 0.15) is 36.6 Å². The quantitative estimate of drug-likeness (QED) is 0.333. The summed E-state index contributed by atoms with van der Waals surface area (Å²) in [5.41, 5.74) is 3.53. The van der Waals surface area contributed by atoms with Gasteiger partial charge >= 0.3 is 0 Å². The third-order valence-electron chi connectivity index (χ3n) is 5.86. The van der Waals surface area contributed by atoms with Crippen LogP contribution in [0, 0.1) is 0 Å². The number of anilines is 1. The molecule has 1 aliphatic carbocycles. The van der Waals surface area contributed by atoms with Crippen LogP contribution in [-0.4, -0.2) is 26.4 Å². The van der Waals surface area contributed by atoms with Gasteiger partial charge in [-0.1, -0.05) is 55.1 Å². The molecule has 0 saturated heterocycles. The maximum atomic E-state index is 12.7. The number of carbonyl (C=O) groups is 1. The van der Waals surface area contributed by atoms with E-state index in [4.69, 9.17) is 0 Å². The molecule has 0 radical (unpaired) electrons. The Bertz CT molecular complexity index is 1250. The molecule has 32 heavy (non-hydrogen) atoms. The van der Waals surface area contributed by atoms with Gasteiger partial charge in [-0.25, -0.2) is 0 Å². The monoisotopic (exact) mass is 462 g/mol. The van der Waals surface area contributed by atoms with E-state index in [2.05, 4.69) is 44.5 Å². The minimum atomic E-state index is -0.0353. The van der Waals surface area contributed by atoms with Crippen molar-refractivity contribution in [2.24, 2.45) is 0 Å². The number of thioether (sulfide) groups is 1. The van der Waals surface area contributed by atoms with Crippen LogP contribution in [0.25, 0.3) is 22.2 Å². The Morgan fingerprint density at radius 2 is 1.97 bits per heavy atom. The highest BCUT2D eigenvalue weighted by Crippen LogP contribution is 2.37. The van der Waals surface area contributed by atoms with E-state index in [1.54, 1.807) is 0 Å². The minimum absolute atomic E-state index is 0.0353. The van der Waals surface area contributed by atoms with Crippen LogP contribution in [0.3, 0.4) is 0 Å². The molecule has 0 saturated carbocycles. The van der Waals surface area contributed by atoms with Crippen LogP contribution in [0.15, 0.2) is 53.0 Å². The summed E-state index contributed by atoms with van der Waals surface area (Å²) >= 11 is 3.31. The lowest BCUT2D eigenvalue weighted by molar-refractivity contribution is -0.113. The second kappa shape index (κ2) is 9.46. The number of benzene rings is 2. The van der Waals surface area contributed by atoms with E-state index in [0.717, 1.165) is 46.8 Å². The van der Waals surface area contributed by atoms with Gasteiger partial charge in [-0.15, -0.1) is 21.5 Å². The van der Waals surface area contributed by atoms with E-state index in [0.29, 0.717) is 5.75 Å². The summed E-state index contributed by atoms with van der Waals surface area (Å²) in [5.74, 6) is 1.21. The van der Waals surface area contributed by atoms with Crippen molar-refractivity contribution in [2.75, 3.05) is 11.1 Å². The Hall–Kier alpha value is -2.64. The van der Waals surface area contributed by atoms with Gasteiger partial charge < -0.3 is 9.88 Å². The Balaban J connectivity index is 1.33. The summed E-state index contributed by atoms with van der Waals surface area (Å²) in [6, 6.07) is 14.1. The molecule has 2 heterocycles. The Kier molecular flexibility index (Phi) is 6.28. The molecule has 0 spiro atoms. The van der Waals surface area contributed by atoms with Crippen LogP contribution in [0.2, 0.25) is 0 Å². The molecule has 0 fully saturated rings. The summed E-state index contributed by atoms with van der Waals surface area (Å²) in [4.78, 5) is 14.2. The average molecular weight is 463 g/mol. The van der Waals surface area contributed by atoms with Gasteiger partial charge in [-0.3, -0.25) is 4.79 Å². The predicted octanol–water partition coefficient (Wildman–Crippen LogP) is 6.18. The zero-order chi connectivity index (χ0) is 21.9. The van der Waals surface area contributed by atoms with E-state index in [1.807, 2.05) is 41.7 Å². The summed E-state index contributed by atoms with van der Waals surface area (Å²) < 4.78 is 2.19. The molecule has 1 aliphatic rings. The van der Waals surface area contributed by atoms with Gasteiger partial charge in [0.15, 0.2) is 11.0 Å². The smallest absolute Gasteiger partial charge is 0.234 e. The first-order valence-corrected chi connectivity index (χ1v) is 13.0. The number of hydrogen-bond donors (Lipinski definition) is 1. The first-order valence-electron chi connectivity index (χ1n) is 11.2. The van der Waals surface area contributed by atoms with Gasteiger partial charge in [0.1, 0.15) is 0 Å². The van der Waals surface area contributed by atoms with Crippen molar-refractivity contribution < 1.29 is 4.79 Å². The molecule has 5 nitrogen and oxygen atoms in total. The SMILES string of the molecule is CCCn1c(SCC(=O)Nc2cccc3ccccc23)nnc1-c1csc2c1CCCC2. The van der Waals surface area contributed by atoms with E-state index >= 15 is 0 Å². The predicted molar refractivity (Wildman–Crippen MR) is 134 cm³/mol. The minimum Gasteiger partial charge on any atom is -0.325 e. The topological polar surface area (TPSA) is 59.8 Å². The van der Waals surface area contributed by atoms with E-state index in [1.165, 1.54) is 47.0 Å². The molecule has 7 heteroatoms. The number of aryl methyl sites for hydroxylation is 1. The highest BCUT2D eigenvalue weighted by molar-refractivity contribution is 7.99. The molecule has 0 aliphatic heterocycles. The van der Waals surface area contributed by atoms with E-state index in [-0.39, 0.29) is 5.91 Å². The number of nitrogens with zero attached hydrogens (tertiary/aromatic N) is 3. The van der Waals surface area contributed by atoms with Gasteiger partial charge in [-0.05, 0) is 49.1 Å². The van der Waals surface area contributed by atoms with Crippen LogP contribution >= 0.6 is 23.1 Å². The lowest BCUT2D eigenvalue weighted by atomic mass is 9.95. The highest BCUT2D eigenvalue weighted by Gasteiger charge is 2.22. The van der Waals surface area contributed by atoms with Crippen LogP contribution < -0.4 is 5.32 Å². The lowest BCUT2D eigenvalue weighted by Crippen LogP contribution is -2.15. The van der Waals surface area contributed by atoms with Crippen molar-refractivity contribution in [2.45, 2.75) is 50.7 Å². The second-order valence-electron chi connectivity index (χ2n) is 8.08. The first kappa shape index (κ1) is 21.2. The number of fused-ring (bicyclic) bond motifs is 2. The number of carbonyl (C=O) groups excluding carboxylic acids is 1. The van der Waals surface area contributed by atoms with Crippen LogP contribution in [0.4, 0.5) is 5.69 Å². The number of amides is 1. The molecule has 2 aromatic carbocycles. The van der Waals surface area contributed by atoms with E-state index in [9.17, 15) is 4.79 Å². The molecule has 0 unspecified atom stereocenters. The standard InChI is InChI=1S/C25H26N4OS2/c1-2-14-29-24(20-15-31-22-13-6-5-11-19(20)22)27-28-25(29)32-16-23(30)26-21-12-7-9-17-8-3-4-10-18(17)21/h3-4,7-10,12,15H,2,5-6,11,13-14,16H2,1H3,(H,26,30). The van der Waals surface area contributed by atoms with Gasteiger partial charge in [-0.2, -0.15) is 0 Å². The molecule has 164 valence electrons. The zero-order valence-corrected chi connectivity index (χ0v) is 19.8. The fourth-order valence-corrected chi connectivity index (χ4v) is 6.24. The number of thiophene rings is 1. The molecular formula is C25H26N4OS2. The maximum absolute atomic E-state index is 12.7. The summed E-state index contributed by atoms with van der Waals surface area (Å²) in [5, 5.41) is 17.3. The Morgan fingerprint density at radius 3 is 2.88 bits per heavy atom. The lowest BCUT2D eigenvalue weighted by Gasteiger charge is -2.14. The van der Waals surface area contributed by atoms with Crippen molar-refractivity contribution in [3.63, 3.8) is 0 Å². The molecule has 1 N–H and O–H groups in total. The molecule has 0 bridgehead atoms. The summed E-state index contributed by atoms with van der Waals surface area (Å²) in [7, 11) is 0. The highest BCUT2D eigenvalue weighted by atomic mass is 32.2. The number of rotatable bonds is 7. The number of aromatic nitrogens is 3. The van der Waals surface area contributed by atoms with Crippen LogP contribution in [-0.2, 0) is 24.2 Å². The fraction of sp³-hybridized carbons (Fsp3) is 0.320. The molecule has 1 amide bonds. The largest absolute Gasteiger partial charge is 0.325 e. The van der Waals surface area contributed by atoms with Gasteiger partial charge in [0, 0.05) is 33.4 Å². The van der Waals surface area contributed by atoms with Gasteiger partial charge in [0.25, 0.3) is 0 Å². The molecule has 4 aromatic rings. The zero-order valence-electron chi connectivity index (χ0n) is 18.1. The third-order valence-corrected chi connectivity index (χ3v) is 7.92. The molecule has 2 aromatic heterocycles. The maximum Gasteiger partial charge on any atom is 0.234 e. The van der Waals surface area contributed by atoms with Crippen molar-refractivity contribution in [3.8, 4) is 11.4 Å². The summed E-state index contributed by atoms with van der Waals surface area (Å²) in [6.45, 7) is 3.01. The molecular weight excluding hydrogens is 436 g/mol. The fourth-order valence-electron chi connectivity index (χ4n) is 4.35. The van der Waals surface area contributed by atoms with Crippen molar-refractivity contribution >= 4 is 45.5 Å². The van der Waals surface area contributed by atoms with Gasteiger partial charge in [0.05, 0.1) is 5.75 Å². The number of nitrogens with one attached hydrogen (secondary N) is 1. The Morgan fingerprint density at radius 1 is 1.12 bits per heavy atom. The van der Waals surface area contributed by atoms with Crippen LogP contribution in [0.5, 0.6) is 0 Å². The average Bonchev–Trinajstić information content (AvgIpc) is 3.42.